The van der Waals surface area contributed by atoms with E-state index in [1.54, 1.807) is 4.90 Å². The van der Waals surface area contributed by atoms with E-state index in [9.17, 15) is 9.59 Å². The highest BCUT2D eigenvalue weighted by atomic mass is 32.2. The molecule has 1 fully saturated rings. The minimum Gasteiger partial charge on any atom is -0.489 e. The molecule has 30 heavy (non-hydrogen) atoms. The van der Waals surface area contributed by atoms with Crippen molar-refractivity contribution in [2.24, 2.45) is 0 Å². The van der Waals surface area contributed by atoms with Gasteiger partial charge in [0.2, 0.25) is 0 Å². The fourth-order valence-corrected chi connectivity index (χ4v) is 4.28. The Balaban J connectivity index is 1.52. The molecule has 1 aliphatic heterocycles. The number of aliphatic carboxylic acids is 1. The number of carboxylic acids is 1. The number of hydrogen-bond donors (Lipinski definition) is 1. The van der Waals surface area contributed by atoms with Gasteiger partial charge in [0.05, 0.1) is 4.91 Å². The van der Waals surface area contributed by atoms with Crippen molar-refractivity contribution in [2.75, 3.05) is 6.54 Å². The number of rotatable bonds is 10. The molecular formula is C23H23NO4S2. The Bertz CT molecular complexity index is 926. The number of unbranched alkanes of at least 4 members (excludes halogenated alkanes) is 2. The standard InChI is InChI=1S/C23H23NO4S2/c25-21(26)9-5-2-6-14-24-22(27)20(30-23(24)29)15-17-10-12-19(13-11-17)28-16-18-7-3-1-4-8-18/h1,3-4,7-8,10-13,15H,2,5-6,9,14,16H2,(H,25,26)/b20-15-. The number of nitrogens with zero attached hydrogens (tertiary/aromatic N) is 1. The quantitative estimate of drug-likeness (QED) is 0.314. The van der Waals surface area contributed by atoms with Crippen LogP contribution in [-0.2, 0) is 16.2 Å². The van der Waals surface area contributed by atoms with Gasteiger partial charge in [0, 0.05) is 13.0 Å². The number of amides is 1. The smallest absolute Gasteiger partial charge is 0.303 e. The average molecular weight is 442 g/mol. The van der Waals surface area contributed by atoms with Crippen LogP contribution in [0.25, 0.3) is 6.08 Å². The van der Waals surface area contributed by atoms with Crippen molar-refractivity contribution in [3.05, 3.63) is 70.6 Å². The molecule has 1 heterocycles. The number of hydrogen-bond acceptors (Lipinski definition) is 5. The van der Waals surface area contributed by atoms with Gasteiger partial charge in [0.1, 0.15) is 16.7 Å². The van der Waals surface area contributed by atoms with Gasteiger partial charge in [-0.05, 0) is 42.2 Å². The average Bonchev–Trinajstić information content (AvgIpc) is 3.00. The van der Waals surface area contributed by atoms with Gasteiger partial charge < -0.3 is 9.84 Å². The van der Waals surface area contributed by atoms with Crippen LogP contribution >= 0.6 is 24.0 Å². The van der Waals surface area contributed by atoms with Crippen LogP contribution in [-0.4, -0.2) is 32.7 Å². The van der Waals surface area contributed by atoms with E-state index in [-0.39, 0.29) is 12.3 Å². The second-order valence-electron chi connectivity index (χ2n) is 6.88. The molecular weight excluding hydrogens is 418 g/mol. The van der Waals surface area contributed by atoms with E-state index in [1.165, 1.54) is 11.8 Å². The Kier molecular flexibility index (Phi) is 8.04. The number of thiocarbonyl (C=S) groups is 1. The van der Waals surface area contributed by atoms with E-state index < -0.39 is 5.97 Å². The van der Waals surface area contributed by atoms with Crippen LogP contribution in [0.3, 0.4) is 0 Å². The van der Waals surface area contributed by atoms with Gasteiger partial charge in [-0.25, -0.2) is 0 Å². The Hall–Kier alpha value is -2.64. The lowest BCUT2D eigenvalue weighted by molar-refractivity contribution is -0.137. The zero-order valence-corrected chi connectivity index (χ0v) is 18.1. The normalized spacial score (nSPS) is 15.1. The zero-order chi connectivity index (χ0) is 21.3. The number of carboxylic acid groups (broad SMARTS) is 1. The summed E-state index contributed by atoms with van der Waals surface area (Å²) in [5, 5.41) is 8.68. The van der Waals surface area contributed by atoms with E-state index in [0.717, 1.165) is 29.7 Å². The maximum absolute atomic E-state index is 12.6. The van der Waals surface area contributed by atoms with E-state index in [0.29, 0.717) is 28.8 Å². The highest BCUT2D eigenvalue weighted by Crippen LogP contribution is 2.33. The fourth-order valence-electron chi connectivity index (χ4n) is 2.97. The van der Waals surface area contributed by atoms with Crippen LogP contribution in [0.4, 0.5) is 0 Å². The third-order valence-corrected chi connectivity index (χ3v) is 5.95. The Morgan fingerprint density at radius 1 is 1.07 bits per heavy atom. The molecule has 0 aromatic heterocycles. The second-order valence-corrected chi connectivity index (χ2v) is 8.56. The van der Waals surface area contributed by atoms with Crippen molar-refractivity contribution in [3.63, 3.8) is 0 Å². The maximum Gasteiger partial charge on any atom is 0.303 e. The highest BCUT2D eigenvalue weighted by Gasteiger charge is 2.31. The van der Waals surface area contributed by atoms with E-state index in [2.05, 4.69) is 0 Å². The molecule has 2 aromatic carbocycles. The first-order valence-electron chi connectivity index (χ1n) is 9.77. The van der Waals surface area contributed by atoms with Crippen molar-refractivity contribution in [2.45, 2.75) is 32.3 Å². The lowest BCUT2D eigenvalue weighted by atomic mass is 10.2. The number of carbonyl (C=O) groups excluding carboxylic acids is 1. The molecule has 0 atom stereocenters. The first kappa shape index (κ1) is 22.1. The van der Waals surface area contributed by atoms with Gasteiger partial charge in [0.25, 0.3) is 5.91 Å². The van der Waals surface area contributed by atoms with Crippen LogP contribution in [0.5, 0.6) is 5.75 Å². The van der Waals surface area contributed by atoms with Crippen molar-refractivity contribution in [3.8, 4) is 5.75 Å². The molecule has 1 aliphatic rings. The molecule has 5 nitrogen and oxygen atoms in total. The summed E-state index contributed by atoms with van der Waals surface area (Å²) in [7, 11) is 0. The number of carbonyl (C=O) groups is 2. The van der Waals surface area contributed by atoms with E-state index >= 15 is 0 Å². The second kappa shape index (κ2) is 10.9. The largest absolute Gasteiger partial charge is 0.489 e. The molecule has 156 valence electrons. The summed E-state index contributed by atoms with van der Waals surface area (Å²) in [6, 6.07) is 17.6. The maximum atomic E-state index is 12.6. The summed E-state index contributed by atoms with van der Waals surface area (Å²) >= 11 is 6.65. The monoisotopic (exact) mass is 441 g/mol. The molecule has 0 radical (unpaired) electrons. The first-order chi connectivity index (χ1) is 14.5. The SMILES string of the molecule is O=C(O)CCCCCN1C(=O)/C(=C/c2ccc(OCc3ccccc3)cc2)SC1=S. The summed E-state index contributed by atoms with van der Waals surface area (Å²) in [4.78, 5) is 25.4. The van der Waals surface area contributed by atoms with E-state index in [1.807, 2.05) is 60.7 Å². The van der Waals surface area contributed by atoms with Gasteiger partial charge in [0.15, 0.2) is 0 Å². The third kappa shape index (κ3) is 6.43. The van der Waals surface area contributed by atoms with Crippen molar-refractivity contribution in [1.82, 2.24) is 4.90 Å². The van der Waals surface area contributed by atoms with Crippen LogP contribution in [0.2, 0.25) is 0 Å². The van der Waals surface area contributed by atoms with Crippen molar-refractivity contribution >= 4 is 46.3 Å². The molecule has 1 N–H and O–H groups in total. The molecule has 0 unspecified atom stereocenters. The summed E-state index contributed by atoms with van der Waals surface area (Å²) in [6.45, 7) is 1.03. The van der Waals surface area contributed by atoms with Crippen molar-refractivity contribution in [1.29, 1.82) is 0 Å². The van der Waals surface area contributed by atoms with Crippen LogP contribution in [0.1, 0.15) is 36.8 Å². The molecule has 0 spiro atoms. The summed E-state index contributed by atoms with van der Waals surface area (Å²) in [5.41, 5.74) is 2.01. The molecule has 0 saturated carbocycles. The van der Waals surface area contributed by atoms with Gasteiger partial charge in [-0.3, -0.25) is 14.5 Å². The number of thioether (sulfide) groups is 1. The van der Waals surface area contributed by atoms with E-state index in [4.69, 9.17) is 22.1 Å². The topological polar surface area (TPSA) is 66.8 Å². The van der Waals surface area contributed by atoms with Gasteiger partial charge in [-0.2, -0.15) is 0 Å². The zero-order valence-electron chi connectivity index (χ0n) is 16.5. The number of ether oxygens (including phenoxy) is 1. The molecule has 3 rings (SSSR count). The molecule has 0 aliphatic carbocycles. The minimum absolute atomic E-state index is 0.0901. The Morgan fingerprint density at radius 2 is 1.80 bits per heavy atom. The predicted octanol–water partition coefficient (Wildman–Crippen LogP) is 5.11. The third-order valence-electron chi connectivity index (χ3n) is 4.57. The van der Waals surface area contributed by atoms with Crippen LogP contribution in [0.15, 0.2) is 59.5 Å². The van der Waals surface area contributed by atoms with Gasteiger partial charge >= 0.3 is 5.97 Å². The lowest BCUT2D eigenvalue weighted by Gasteiger charge is -2.13. The molecule has 7 heteroatoms. The Labute approximate surface area is 185 Å². The fraction of sp³-hybridized carbons (Fsp3) is 0.261. The van der Waals surface area contributed by atoms with Gasteiger partial charge in [-0.1, -0.05) is 72.9 Å². The lowest BCUT2D eigenvalue weighted by Crippen LogP contribution is -2.29. The first-order valence-corrected chi connectivity index (χ1v) is 11.0. The summed E-state index contributed by atoms with van der Waals surface area (Å²) in [6.07, 6.45) is 4.10. The highest BCUT2D eigenvalue weighted by molar-refractivity contribution is 8.26. The molecule has 1 amide bonds. The van der Waals surface area contributed by atoms with Crippen molar-refractivity contribution < 1.29 is 19.4 Å². The number of benzene rings is 2. The summed E-state index contributed by atoms with van der Waals surface area (Å²) < 4.78 is 6.34. The molecule has 2 aromatic rings. The minimum atomic E-state index is -0.792. The van der Waals surface area contributed by atoms with Crippen LogP contribution < -0.4 is 4.74 Å². The Morgan fingerprint density at radius 3 is 2.50 bits per heavy atom. The molecule has 1 saturated heterocycles. The molecule has 0 bridgehead atoms. The summed E-state index contributed by atoms with van der Waals surface area (Å²) in [5.74, 6) is -0.113. The predicted molar refractivity (Wildman–Crippen MR) is 123 cm³/mol. The van der Waals surface area contributed by atoms with Gasteiger partial charge in [-0.15, -0.1) is 0 Å². The van der Waals surface area contributed by atoms with Crippen LogP contribution in [0, 0.1) is 0 Å².